The molecule has 0 saturated heterocycles. The molecule has 0 aliphatic rings. The molecule has 0 aliphatic carbocycles. The highest BCUT2D eigenvalue weighted by Gasteiger charge is 2.30. The molecule has 10 heteroatoms. The summed E-state index contributed by atoms with van der Waals surface area (Å²) >= 11 is 5.73. The lowest BCUT2D eigenvalue weighted by molar-refractivity contribution is -0.384. The van der Waals surface area contributed by atoms with E-state index in [2.05, 4.69) is 10.1 Å². The number of nitrogens with zero attached hydrogens (tertiary/aromatic N) is 3. The molecular formula is C15H7ClF3N3O3. The van der Waals surface area contributed by atoms with E-state index in [0.717, 1.165) is 18.2 Å². The van der Waals surface area contributed by atoms with Crippen molar-refractivity contribution in [1.82, 2.24) is 10.1 Å². The average molecular weight is 370 g/mol. The molecule has 0 atom stereocenters. The van der Waals surface area contributed by atoms with Crippen LogP contribution in [0.4, 0.5) is 18.9 Å². The molecule has 1 aromatic heterocycles. The Bertz CT molecular complexity index is 956. The number of benzene rings is 2. The monoisotopic (exact) mass is 369 g/mol. The fraction of sp³-hybridized carbons (Fsp3) is 0.0667. The fourth-order valence-electron chi connectivity index (χ4n) is 2.08. The first-order chi connectivity index (χ1) is 11.8. The Kier molecular flexibility index (Phi) is 4.17. The van der Waals surface area contributed by atoms with Gasteiger partial charge in [0.2, 0.25) is 5.82 Å². The van der Waals surface area contributed by atoms with Gasteiger partial charge in [-0.1, -0.05) is 28.9 Å². The van der Waals surface area contributed by atoms with Crippen LogP contribution >= 0.6 is 11.6 Å². The Morgan fingerprint density at radius 3 is 2.56 bits per heavy atom. The van der Waals surface area contributed by atoms with Crippen LogP contribution in [0.5, 0.6) is 0 Å². The van der Waals surface area contributed by atoms with Gasteiger partial charge < -0.3 is 4.52 Å². The minimum atomic E-state index is -4.50. The number of rotatable bonds is 3. The van der Waals surface area contributed by atoms with E-state index < -0.39 is 16.7 Å². The third kappa shape index (κ3) is 3.45. The zero-order valence-corrected chi connectivity index (χ0v) is 12.9. The van der Waals surface area contributed by atoms with Crippen molar-refractivity contribution < 1.29 is 22.6 Å². The standard InChI is InChI=1S/C15H7ClF3N3O3/c16-11-5-4-9(7-12(11)22(23)24)14-20-13(21-25-14)8-2-1-3-10(6-8)15(17,18)19/h1-7H. The number of alkyl halides is 3. The molecule has 0 bridgehead atoms. The maximum Gasteiger partial charge on any atom is 0.416 e. The van der Waals surface area contributed by atoms with Gasteiger partial charge in [-0.15, -0.1) is 0 Å². The third-order valence-electron chi connectivity index (χ3n) is 3.26. The molecular weight excluding hydrogens is 363 g/mol. The molecule has 3 rings (SSSR count). The predicted octanol–water partition coefficient (Wildman–Crippen LogP) is 4.98. The zero-order chi connectivity index (χ0) is 18.2. The van der Waals surface area contributed by atoms with Crippen molar-refractivity contribution in [2.45, 2.75) is 6.18 Å². The fourth-order valence-corrected chi connectivity index (χ4v) is 2.26. The van der Waals surface area contributed by atoms with Crippen LogP contribution in [0.25, 0.3) is 22.8 Å². The van der Waals surface area contributed by atoms with Gasteiger partial charge in [0.1, 0.15) is 5.02 Å². The van der Waals surface area contributed by atoms with E-state index in [1.807, 2.05) is 0 Å². The number of halogens is 4. The summed E-state index contributed by atoms with van der Waals surface area (Å²) < 4.78 is 43.3. The molecule has 2 aromatic carbocycles. The lowest BCUT2D eigenvalue weighted by Gasteiger charge is -2.06. The molecule has 0 amide bonds. The van der Waals surface area contributed by atoms with Crippen LogP contribution in [-0.2, 0) is 6.18 Å². The summed E-state index contributed by atoms with van der Waals surface area (Å²) in [5.74, 6) is -0.147. The molecule has 0 aliphatic heterocycles. The van der Waals surface area contributed by atoms with E-state index in [1.165, 1.54) is 24.3 Å². The lowest BCUT2D eigenvalue weighted by Crippen LogP contribution is -2.04. The van der Waals surface area contributed by atoms with Crippen molar-refractivity contribution in [3.8, 4) is 22.8 Å². The Balaban J connectivity index is 1.99. The minimum Gasteiger partial charge on any atom is -0.334 e. The van der Waals surface area contributed by atoms with E-state index >= 15 is 0 Å². The maximum absolute atomic E-state index is 12.8. The highest BCUT2D eigenvalue weighted by Crippen LogP contribution is 2.33. The smallest absolute Gasteiger partial charge is 0.334 e. The van der Waals surface area contributed by atoms with Crippen molar-refractivity contribution in [3.05, 3.63) is 63.2 Å². The molecule has 3 aromatic rings. The Morgan fingerprint density at radius 2 is 1.88 bits per heavy atom. The Morgan fingerprint density at radius 1 is 1.12 bits per heavy atom. The molecule has 6 nitrogen and oxygen atoms in total. The SMILES string of the molecule is O=[N+]([O-])c1cc(-c2nc(-c3cccc(C(F)(F)F)c3)no2)ccc1Cl. The largest absolute Gasteiger partial charge is 0.416 e. The van der Waals surface area contributed by atoms with Crippen molar-refractivity contribution in [3.63, 3.8) is 0 Å². The highest BCUT2D eigenvalue weighted by atomic mass is 35.5. The Labute approximate surface area is 143 Å². The van der Waals surface area contributed by atoms with Gasteiger partial charge in [-0.25, -0.2) is 0 Å². The normalized spacial score (nSPS) is 11.5. The maximum atomic E-state index is 12.8. The molecule has 25 heavy (non-hydrogen) atoms. The topological polar surface area (TPSA) is 82.1 Å². The molecule has 0 fully saturated rings. The zero-order valence-electron chi connectivity index (χ0n) is 12.1. The van der Waals surface area contributed by atoms with E-state index in [9.17, 15) is 23.3 Å². The number of aromatic nitrogens is 2. The molecule has 0 spiro atoms. The molecule has 0 unspecified atom stereocenters. The van der Waals surface area contributed by atoms with Crippen LogP contribution in [0.15, 0.2) is 47.0 Å². The van der Waals surface area contributed by atoms with Crippen molar-refractivity contribution in [1.29, 1.82) is 0 Å². The van der Waals surface area contributed by atoms with Gasteiger partial charge in [-0.2, -0.15) is 18.2 Å². The van der Waals surface area contributed by atoms with Crippen LogP contribution in [-0.4, -0.2) is 15.1 Å². The van der Waals surface area contributed by atoms with Gasteiger partial charge in [-0.05, 0) is 24.3 Å². The van der Waals surface area contributed by atoms with Gasteiger partial charge in [-0.3, -0.25) is 10.1 Å². The van der Waals surface area contributed by atoms with Crippen molar-refractivity contribution in [2.24, 2.45) is 0 Å². The number of nitro benzene ring substituents is 1. The van der Waals surface area contributed by atoms with Crippen LogP contribution in [0.1, 0.15) is 5.56 Å². The van der Waals surface area contributed by atoms with Gasteiger partial charge in [0.15, 0.2) is 0 Å². The molecule has 0 radical (unpaired) electrons. The van der Waals surface area contributed by atoms with E-state index in [1.54, 1.807) is 0 Å². The van der Waals surface area contributed by atoms with Crippen molar-refractivity contribution >= 4 is 17.3 Å². The molecule has 1 heterocycles. The second-order valence-corrected chi connectivity index (χ2v) is 5.33. The van der Waals surface area contributed by atoms with Crippen LogP contribution < -0.4 is 0 Å². The Hall–Kier alpha value is -2.94. The number of nitro groups is 1. The predicted molar refractivity (Wildman–Crippen MR) is 81.8 cm³/mol. The summed E-state index contributed by atoms with van der Waals surface area (Å²) in [6.07, 6.45) is -4.50. The second-order valence-electron chi connectivity index (χ2n) is 4.93. The summed E-state index contributed by atoms with van der Waals surface area (Å²) in [5.41, 5.74) is -0.869. The summed E-state index contributed by atoms with van der Waals surface area (Å²) in [5, 5.41) is 14.5. The van der Waals surface area contributed by atoms with Crippen LogP contribution in [0.2, 0.25) is 5.02 Å². The summed E-state index contributed by atoms with van der Waals surface area (Å²) in [4.78, 5) is 14.2. The first kappa shape index (κ1) is 16.9. The lowest BCUT2D eigenvalue weighted by atomic mass is 10.1. The molecule has 128 valence electrons. The van der Waals surface area contributed by atoms with Gasteiger partial charge in [0.05, 0.1) is 10.5 Å². The first-order valence-corrected chi connectivity index (χ1v) is 7.09. The minimum absolute atomic E-state index is 0.0635. The molecule has 0 saturated carbocycles. The summed E-state index contributed by atoms with van der Waals surface area (Å²) in [7, 11) is 0. The van der Waals surface area contributed by atoms with E-state index in [0.29, 0.717) is 0 Å². The number of hydrogen-bond acceptors (Lipinski definition) is 5. The van der Waals surface area contributed by atoms with E-state index in [-0.39, 0.29) is 33.6 Å². The summed E-state index contributed by atoms with van der Waals surface area (Å²) in [6.45, 7) is 0. The average Bonchev–Trinajstić information content (AvgIpc) is 3.04. The first-order valence-electron chi connectivity index (χ1n) is 6.71. The third-order valence-corrected chi connectivity index (χ3v) is 3.58. The highest BCUT2D eigenvalue weighted by molar-refractivity contribution is 6.32. The van der Waals surface area contributed by atoms with E-state index in [4.69, 9.17) is 16.1 Å². The van der Waals surface area contributed by atoms with Gasteiger partial charge >= 0.3 is 6.18 Å². The van der Waals surface area contributed by atoms with Crippen molar-refractivity contribution in [2.75, 3.05) is 0 Å². The van der Waals surface area contributed by atoms with Crippen LogP contribution in [0, 0.1) is 10.1 Å². The van der Waals surface area contributed by atoms with Gasteiger partial charge in [0, 0.05) is 17.2 Å². The van der Waals surface area contributed by atoms with Crippen LogP contribution in [0.3, 0.4) is 0 Å². The molecule has 0 N–H and O–H groups in total. The quantitative estimate of drug-likeness (QED) is 0.480. The summed E-state index contributed by atoms with van der Waals surface area (Å²) in [6, 6.07) is 8.30. The second kappa shape index (κ2) is 6.17. The van der Waals surface area contributed by atoms with Gasteiger partial charge in [0.25, 0.3) is 11.6 Å². The number of hydrogen-bond donors (Lipinski definition) is 0.